The molecule has 0 aromatic heterocycles. The number of ether oxygens (including phenoxy) is 1. The highest BCUT2D eigenvalue weighted by Crippen LogP contribution is 2.38. The molecular formula is C22H19ClF3NO2S2. The second kappa shape index (κ2) is 11.4. The number of carbonyl (C=O) groups excluding carboxylic acids is 1. The van der Waals surface area contributed by atoms with Gasteiger partial charge in [-0.25, -0.2) is 0 Å². The first kappa shape index (κ1) is 25.0. The number of primary amides is 1. The van der Waals surface area contributed by atoms with E-state index in [4.69, 9.17) is 22.1 Å². The van der Waals surface area contributed by atoms with Gasteiger partial charge in [-0.05, 0) is 60.4 Å². The largest absolute Gasteiger partial charge is 0.456 e. The van der Waals surface area contributed by atoms with E-state index in [1.807, 2.05) is 30.3 Å². The maximum absolute atomic E-state index is 13.2. The van der Waals surface area contributed by atoms with Gasteiger partial charge in [0.2, 0.25) is 5.91 Å². The van der Waals surface area contributed by atoms with Gasteiger partial charge in [-0.1, -0.05) is 41.6 Å². The van der Waals surface area contributed by atoms with Crippen LogP contribution < -0.4 is 10.5 Å². The molecule has 2 N–H and O–H groups in total. The van der Waals surface area contributed by atoms with Crippen molar-refractivity contribution in [2.75, 3.05) is 6.26 Å². The Balaban J connectivity index is 0.00000166. The molecule has 9 heteroatoms. The summed E-state index contributed by atoms with van der Waals surface area (Å²) in [7, 11) is 0. The Morgan fingerprint density at radius 3 is 2.29 bits per heavy atom. The van der Waals surface area contributed by atoms with E-state index in [1.54, 1.807) is 24.5 Å². The number of thiol groups is 1. The number of amides is 1. The molecule has 0 unspecified atom stereocenters. The van der Waals surface area contributed by atoms with Gasteiger partial charge >= 0.3 is 6.18 Å². The highest BCUT2D eigenvalue weighted by atomic mass is 35.5. The second-order valence-electron chi connectivity index (χ2n) is 6.12. The summed E-state index contributed by atoms with van der Waals surface area (Å²) < 4.78 is 45.1. The van der Waals surface area contributed by atoms with Gasteiger partial charge in [0.15, 0.2) is 0 Å². The third kappa shape index (κ3) is 7.72. The molecule has 0 saturated carbocycles. The first-order valence-corrected chi connectivity index (χ1v) is 10.9. The van der Waals surface area contributed by atoms with Crippen LogP contribution in [0.25, 0.3) is 0 Å². The van der Waals surface area contributed by atoms with E-state index in [0.717, 1.165) is 21.9 Å². The van der Waals surface area contributed by atoms with Crippen molar-refractivity contribution < 1.29 is 22.7 Å². The van der Waals surface area contributed by atoms with E-state index in [1.165, 1.54) is 17.8 Å². The van der Waals surface area contributed by atoms with Crippen molar-refractivity contribution in [1.29, 1.82) is 0 Å². The Hall–Kier alpha value is -2.29. The zero-order chi connectivity index (χ0) is 23.0. The average Bonchev–Trinajstić information content (AvgIpc) is 2.71. The van der Waals surface area contributed by atoms with Crippen LogP contribution in [0, 0.1) is 0 Å². The Bertz CT molecular complexity index is 1030. The summed E-state index contributed by atoms with van der Waals surface area (Å²) in [5.41, 5.74) is 4.28. The monoisotopic (exact) mass is 485 g/mol. The van der Waals surface area contributed by atoms with Crippen molar-refractivity contribution >= 4 is 41.9 Å². The molecule has 0 fully saturated rings. The van der Waals surface area contributed by atoms with E-state index in [2.05, 4.69) is 12.6 Å². The molecule has 0 radical (unpaired) electrons. The number of rotatable bonds is 6. The zero-order valence-corrected chi connectivity index (χ0v) is 18.8. The minimum atomic E-state index is -4.59. The van der Waals surface area contributed by atoms with E-state index >= 15 is 0 Å². The highest BCUT2D eigenvalue weighted by molar-refractivity contribution is 7.99. The fraction of sp³-hybridized carbons (Fsp3) is 0.136. The Labute approximate surface area is 193 Å². The molecule has 0 aliphatic heterocycles. The summed E-state index contributed by atoms with van der Waals surface area (Å²) in [6.07, 6.45) is -3.23. The maximum Gasteiger partial charge on any atom is 0.416 e. The lowest BCUT2D eigenvalue weighted by molar-refractivity contribution is -0.137. The molecule has 3 rings (SSSR count). The fourth-order valence-electron chi connectivity index (χ4n) is 2.57. The van der Waals surface area contributed by atoms with Crippen LogP contribution in [0.4, 0.5) is 13.2 Å². The quantitative estimate of drug-likeness (QED) is 0.374. The summed E-state index contributed by atoms with van der Waals surface area (Å²) in [5.74, 6) is -0.620. The molecule has 3 nitrogen and oxygen atoms in total. The Morgan fingerprint density at radius 2 is 1.71 bits per heavy atom. The topological polar surface area (TPSA) is 52.3 Å². The Kier molecular flexibility index (Phi) is 9.15. The third-order valence-electron chi connectivity index (χ3n) is 3.78. The van der Waals surface area contributed by atoms with Crippen LogP contribution in [0.15, 0.2) is 76.5 Å². The molecule has 0 spiro atoms. The van der Waals surface area contributed by atoms with Gasteiger partial charge in [0.1, 0.15) is 11.5 Å². The second-order valence-corrected chi connectivity index (χ2v) is 7.67. The molecule has 1 amide bonds. The van der Waals surface area contributed by atoms with Gasteiger partial charge < -0.3 is 10.5 Å². The van der Waals surface area contributed by atoms with E-state index < -0.39 is 17.6 Å². The lowest BCUT2D eigenvalue weighted by atomic mass is 10.1. The minimum Gasteiger partial charge on any atom is -0.456 e. The lowest BCUT2D eigenvalue weighted by Crippen LogP contribution is -2.14. The number of halogens is 4. The number of hydrogen-bond donors (Lipinski definition) is 2. The molecule has 0 aliphatic carbocycles. The Morgan fingerprint density at radius 1 is 1.03 bits per heavy atom. The first-order valence-electron chi connectivity index (χ1n) is 8.85. The van der Waals surface area contributed by atoms with Crippen LogP contribution in [-0.2, 0) is 17.4 Å². The molecule has 31 heavy (non-hydrogen) atoms. The third-order valence-corrected chi connectivity index (χ3v) is 5.07. The predicted octanol–water partition coefficient (Wildman–Crippen LogP) is 6.88. The van der Waals surface area contributed by atoms with Crippen LogP contribution in [0.2, 0.25) is 5.02 Å². The van der Waals surface area contributed by atoms with Gasteiger partial charge in [0.05, 0.1) is 17.0 Å². The number of nitrogens with two attached hydrogens (primary N) is 1. The fourth-order valence-corrected chi connectivity index (χ4v) is 3.73. The molecule has 0 saturated heterocycles. The standard InChI is InChI=1S/C21H15ClF3NO2S.CH4S/c22-18-12-17(29-16-4-2-1-3-5-16)6-7-19(18)28-15-9-13(10-20(26)27)8-14(11-15)21(23,24)25;1-2/h1-9,11-12H,10H2,(H2,26,27);2H,1H3. The molecule has 0 atom stereocenters. The van der Waals surface area contributed by atoms with E-state index in [-0.39, 0.29) is 28.5 Å². The van der Waals surface area contributed by atoms with Crippen molar-refractivity contribution in [3.05, 3.63) is 82.9 Å². The van der Waals surface area contributed by atoms with Gasteiger partial charge in [0, 0.05) is 9.79 Å². The maximum atomic E-state index is 13.2. The van der Waals surface area contributed by atoms with Crippen LogP contribution in [-0.4, -0.2) is 12.2 Å². The van der Waals surface area contributed by atoms with Gasteiger partial charge in [-0.2, -0.15) is 25.8 Å². The van der Waals surface area contributed by atoms with Crippen LogP contribution in [0.1, 0.15) is 11.1 Å². The van der Waals surface area contributed by atoms with Crippen LogP contribution in [0.3, 0.4) is 0 Å². The smallest absolute Gasteiger partial charge is 0.416 e. The normalized spacial score (nSPS) is 10.8. The van der Waals surface area contributed by atoms with Crippen LogP contribution >= 0.6 is 36.0 Å². The first-order chi connectivity index (χ1) is 14.7. The summed E-state index contributed by atoms with van der Waals surface area (Å²) in [4.78, 5) is 13.0. The SMILES string of the molecule is CS.NC(=O)Cc1cc(Oc2ccc(Sc3ccccc3)cc2Cl)cc(C(F)(F)F)c1. The number of alkyl halides is 3. The van der Waals surface area contributed by atoms with Gasteiger partial charge in [-0.15, -0.1) is 0 Å². The molecule has 3 aromatic carbocycles. The number of benzene rings is 3. The minimum absolute atomic E-state index is 0.0820. The van der Waals surface area contributed by atoms with Crippen molar-refractivity contribution in [1.82, 2.24) is 0 Å². The van der Waals surface area contributed by atoms with Crippen molar-refractivity contribution in [2.45, 2.75) is 22.4 Å². The van der Waals surface area contributed by atoms with Crippen molar-refractivity contribution in [2.24, 2.45) is 5.73 Å². The van der Waals surface area contributed by atoms with Crippen LogP contribution in [0.5, 0.6) is 11.5 Å². The summed E-state index contributed by atoms with van der Waals surface area (Å²) in [6.45, 7) is 0. The number of hydrogen-bond acceptors (Lipinski definition) is 4. The molecule has 164 valence electrons. The zero-order valence-electron chi connectivity index (χ0n) is 16.3. The van der Waals surface area contributed by atoms with Crippen molar-refractivity contribution in [3.8, 4) is 11.5 Å². The molecule has 0 bridgehead atoms. The summed E-state index contributed by atoms with van der Waals surface area (Å²) in [5, 5.41) is 0.250. The highest BCUT2D eigenvalue weighted by Gasteiger charge is 2.31. The van der Waals surface area contributed by atoms with E-state index in [0.29, 0.717) is 0 Å². The summed E-state index contributed by atoms with van der Waals surface area (Å²) >= 11 is 11.3. The molecular weight excluding hydrogens is 467 g/mol. The van der Waals surface area contributed by atoms with Gasteiger partial charge in [0.25, 0.3) is 0 Å². The molecule has 0 aliphatic rings. The lowest BCUT2D eigenvalue weighted by Gasteiger charge is -2.14. The molecule has 3 aromatic rings. The average molecular weight is 486 g/mol. The van der Waals surface area contributed by atoms with Gasteiger partial charge in [-0.3, -0.25) is 4.79 Å². The van der Waals surface area contributed by atoms with Crippen molar-refractivity contribution in [3.63, 3.8) is 0 Å². The number of carbonyl (C=O) groups is 1. The predicted molar refractivity (Wildman–Crippen MR) is 121 cm³/mol. The van der Waals surface area contributed by atoms with E-state index in [9.17, 15) is 18.0 Å². The molecule has 0 heterocycles. The summed E-state index contributed by atoms with van der Waals surface area (Å²) in [6, 6.07) is 17.7.